The third kappa shape index (κ3) is 20.7. The van der Waals surface area contributed by atoms with Gasteiger partial charge in [-0.05, 0) is 12.8 Å². The maximum absolute atomic E-state index is 8.91. The van der Waals surface area contributed by atoms with Crippen LogP contribution in [0.5, 0.6) is 0 Å². The monoisotopic (exact) mass is 455 g/mol. The van der Waals surface area contributed by atoms with Crippen LogP contribution in [0.1, 0.15) is 103 Å². The van der Waals surface area contributed by atoms with Gasteiger partial charge in [0.1, 0.15) is 0 Å². The summed E-state index contributed by atoms with van der Waals surface area (Å²) < 4.78 is 1.07. The second kappa shape index (κ2) is 20.0. The zero-order chi connectivity index (χ0) is 17.2. The van der Waals surface area contributed by atoms with Crippen molar-refractivity contribution in [2.75, 3.05) is 33.8 Å². The van der Waals surface area contributed by atoms with Crippen molar-refractivity contribution in [1.82, 2.24) is 0 Å². The molecule has 0 saturated carbocycles. The van der Waals surface area contributed by atoms with E-state index in [1.807, 2.05) is 0 Å². The number of hydrogen-bond acceptors (Lipinski definition) is 1. The van der Waals surface area contributed by atoms with E-state index in [-0.39, 0.29) is 24.0 Å². The molecule has 0 saturated heterocycles. The summed E-state index contributed by atoms with van der Waals surface area (Å²) in [6.45, 7) is 4.99. The van der Waals surface area contributed by atoms with Gasteiger partial charge in [-0.1, -0.05) is 84.0 Å². The van der Waals surface area contributed by atoms with Crippen molar-refractivity contribution in [3.8, 4) is 0 Å². The van der Waals surface area contributed by atoms with Crippen molar-refractivity contribution in [1.29, 1.82) is 0 Å². The lowest BCUT2D eigenvalue weighted by atomic mass is 10.0. The molecular weight excluding hydrogens is 409 g/mol. The van der Waals surface area contributed by atoms with E-state index in [1.54, 1.807) is 0 Å². The predicted molar refractivity (Wildman–Crippen MR) is 104 cm³/mol. The van der Waals surface area contributed by atoms with E-state index in [4.69, 9.17) is 5.11 Å². The van der Waals surface area contributed by atoms with Crippen molar-refractivity contribution in [2.24, 2.45) is 0 Å². The highest BCUT2D eigenvalue weighted by Crippen LogP contribution is 2.13. The van der Waals surface area contributed by atoms with E-state index in [9.17, 15) is 0 Å². The molecule has 2 nitrogen and oxygen atoms in total. The molecule has 0 aromatic rings. The number of hydrogen-bond donors (Lipinski definition) is 1. The summed E-state index contributed by atoms with van der Waals surface area (Å²) >= 11 is 0. The summed E-state index contributed by atoms with van der Waals surface area (Å²) in [4.78, 5) is 0. The number of aliphatic hydroxyl groups excluding tert-OH is 1. The molecule has 0 fully saturated rings. The fourth-order valence-electron chi connectivity index (χ4n) is 3.34. The molecule has 0 atom stereocenters. The molecule has 0 spiro atoms. The van der Waals surface area contributed by atoms with E-state index in [2.05, 4.69) is 21.0 Å². The second-order valence-corrected chi connectivity index (χ2v) is 8.06. The molecule has 0 amide bonds. The Morgan fingerprint density at radius 2 is 0.875 bits per heavy atom. The first-order valence-electron chi connectivity index (χ1n) is 10.6. The zero-order valence-corrected chi connectivity index (χ0v) is 19.2. The lowest BCUT2D eigenvalue weighted by Crippen LogP contribution is -3.00. The molecular formula is C21H46INO. The highest BCUT2D eigenvalue weighted by atomic mass is 127. The Labute approximate surface area is 170 Å². The molecule has 0 heterocycles. The van der Waals surface area contributed by atoms with Gasteiger partial charge in [-0.2, -0.15) is 0 Å². The summed E-state index contributed by atoms with van der Waals surface area (Å²) in [5.41, 5.74) is 0. The maximum Gasteiger partial charge on any atom is 0.0804 e. The van der Waals surface area contributed by atoms with Crippen LogP contribution in [-0.4, -0.2) is 43.4 Å². The van der Waals surface area contributed by atoms with Gasteiger partial charge < -0.3 is 33.6 Å². The number of unbranched alkanes of at least 4 members (excludes halogenated alkanes) is 13. The van der Waals surface area contributed by atoms with Crippen molar-refractivity contribution in [2.45, 2.75) is 103 Å². The van der Waals surface area contributed by atoms with Gasteiger partial charge in [0.05, 0.1) is 27.2 Å². The zero-order valence-electron chi connectivity index (χ0n) is 17.0. The summed E-state index contributed by atoms with van der Waals surface area (Å²) in [5, 5.41) is 8.91. The second-order valence-electron chi connectivity index (χ2n) is 8.06. The van der Waals surface area contributed by atoms with Crippen LogP contribution >= 0.6 is 0 Å². The molecule has 148 valence electrons. The van der Waals surface area contributed by atoms with Crippen molar-refractivity contribution in [3.63, 3.8) is 0 Å². The van der Waals surface area contributed by atoms with Crippen molar-refractivity contribution in [3.05, 3.63) is 0 Å². The third-order valence-corrected chi connectivity index (χ3v) is 5.04. The lowest BCUT2D eigenvalue weighted by Gasteiger charge is -2.29. The van der Waals surface area contributed by atoms with Crippen LogP contribution in [0.4, 0.5) is 0 Å². The maximum atomic E-state index is 8.91. The molecule has 0 bridgehead atoms. The molecule has 24 heavy (non-hydrogen) atoms. The highest BCUT2D eigenvalue weighted by Gasteiger charge is 2.12. The minimum Gasteiger partial charge on any atom is -1.00 e. The lowest BCUT2D eigenvalue weighted by molar-refractivity contribution is -0.890. The summed E-state index contributed by atoms with van der Waals surface area (Å²) in [6.07, 6.45) is 20.9. The van der Waals surface area contributed by atoms with Crippen LogP contribution in [-0.2, 0) is 0 Å². The number of quaternary nitrogens is 1. The van der Waals surface area contributed by atoms with E-state index < -0.39 is 0 Å². The fraction of sp³-hybridized carbons (Fsp3) is 1.00. The summed E-state index contributed by atoms with van der Waals surface area (Å²) in [7, 11) is 4.58. The molecule has 0 aromatic carbocycles. The molecule has 0 rings (SSSR count). The normalized spacial score (nSPS) is 11.5. The van der Waals surface area contributed by atoms with E-state index >= 15 is 0 Å². The highest BCUT2D eigenvalue weighted by molar-refractivity contribution is 4.49. The number of rotatable bonds is 18. The average molecular weight is 456 g/mol. The Morgan fingerprint density at radius 3 is 1.25 bits per heavy atom. The molecule has 0 radical (unpaired) electrons. The molecule has 0 aliphatic carbocycles. The first kappa shape index (κ1) is 26.9. The fourth-order valence-corrected chi connectivity index (χ4v) is 3.34. The molecule has 0 unspecified atom stereocenters. The minimum atomic E-state index is 0. The first-order chi connectivity index (χ1) is 11.1. The number of halogens is 1. The Kier molecular flexibility index (Phi) is 22.4. The average Bonchev–Trinajstić information content (AvgIpc) is 2.53. The molecule has 0 aliphatic rings. The van der Waals surface area contributed by atoms with Crippen molar-refractivity contribution >= 4 is 0 Å². The van der Waals surface area contributed by atoms with Gasteiger partial charge in [0.2, 0.25) is 0 Å². The van der Waals surface area contributed by atoms with Gasteiger partial charge >= 0.3 is 0 Å². The number of nitrogens with zero attached hydrogens (tertiary/aromatic N) is 1. The Bertz CT molecular complexity index is 234. The third-order valence-electron chi connectivity index (χ3n) is 5.04. The van der Waals surface area contributed by atoms with Gasteiger partial charge in [0.15, 0.2) is 0 Å². The van der Waals surface area contributed by atoms with Crippen LogP contribution in [0.15, 0.2) is 0 Å². The van der Waals surface area contributed by atoms with E-state index in [0.717, 1.165) is 17.4 Å². The standard InChI is InChI=1S/C21H46NO.HI/c1-4-5-6-7-8-9-10-11-12-13-14-15-16-17-19-22(2,3)20-18-21-23;/h23H,4-21H2,1-3H3;1H/q+1;/p-1. The van der Waals surface area contributed by atoms with Crippen LogP contribution in [0.2, 0.25) is 0 Å². The minimum absolute atomic E-state index is 0. The molecule has 3 heteroatoms. The molecule has 0 aromatic heterocycles. The van der Waals surface area contributed by atoms with Crippen LogP contribution in [0.3, 0.4) is 0 Å². The van der Waals surface area contributed by atoms with Crippen LogP contribution in [0.25, 0.3) is 0 Å². The van der Waals surface area contributed by atoms with Gasteiger partial charge in [-0.25, -0.2) is 0 Å². The largest absolute Gasteiger partial charge is 1.00 e. The first-order valence-corrected chi connectivity index (χ1v) is 10.6. The smallest absolute Gasteiger partial charge is 0.0804 e. The van der Waals surface area contributed by atoms with Crippen LogP contribution in [0, 0.1) is 0 Å². The van der Waals surface area contributed by atoms with Gasteiger partial charge in [0.25, 0.3) is 0 Å². The van der Waals surface area contributed by atoms with Crippen molar-refractivity contribution < 1.29 is 33.6 Å². The topological polar surface area (TPSA) is 20.2 Å². The molecule has 1 N–H and O–H groups in total. The summed E-state index contributed by atoms with van der Waals surface area (Å²) in [6, 6.07) is 0. The van der Waals surface area contributed by atoms with E-state index in [0.29, 0.717) is 6.61 Å². The number of aliphatic hydroxyl groups is 1. The van der Waals surface area contributed by atoms with Gasteiger partial charge in [0, 0.05) is 13.0 Å². The van der Waals surface area contributed by atoms with Gasteiger partial charge in [-0.15, -0.1) is 0 Å². The Balaban J connectivity index is 0. The quantitative estimate of drug-likeness (QED) is 0.192. The Morgan fingerprint density at radius 1 is 0.542 bits per heavy atom. The SMILES string of the molecule is CCCCCCCCCCCCCCCC[N+](C)(C)CCCO.[I-]. The predicted octanol–water partition coefficient (Wildman–Crippen LogP) is 2.93. The van der Waals surface area contributed by atoms with Crippen LogP contribution < -0.4 is 24.0 Å². The van der Waals surface area contributed by atoms with Gasteiger partial charge in [-0.3, -0.25) is 0 Å². The summed E-state index contributed by atoms with van der Waals surface area (Å²) in [5.74, 6) is 0. The Hall–Kier alpha value is 0.650. The van der Waals surface area contributed by atoms with E-state index in [1.165, 1.54) is 96.4 Å². The molecule has 0 aliphatic heterocycles.